The molecule has 1 fully saturated rings. The Hall–Kier alpha value is -0.730. The van der Waals surface area contributed by atoms with E-state index in [4.69, 9.17) is 22.1 Å². The molecule has 0 amide bonds. The van der Waals surface area contributed by atoms with E-state index in [1.54, 1.807) is 7.11 Å². The average Bonchev–Trinajstić information content (AvgIpc) is 2.15. The Bertz CT molecular complexity index is 372. The number of hydrogen-bond acceptors (Lipinski definition) is 2. The maximum absolute atomic E-state index is 6.32. The zero-order chi connectivity index (χ0) is 11.1. The number of methoxy groups -OCH3 is 1. The van der Waals surface area contributed by atoms with Gasteiger partial charge in [-0.1, -0.05) is 18.5 Å². The van der Waals surface area contributed by atoms with Crippen LogP contribution in [0.4, 0.5) is 0 Å². The highest BCUT2D eigenvalue weighted by atomic mass is 35.5. The lowest BCUT2D eigenvalue weighted by Gasteiger charge is -2.44. The molecule has 0 radical (unpaired) electrons. The molecule has 0 atom stereocenters. The number of ether oxygens (including phenoxy) is 1. The Morgan fingerprint density at radius 3 is 2.67 bits per heavy atom. The van der Waals surface area contributed by atoms with Gasteiger partial charge in [-0.25, -0.2) is 0 Å². The first kappa shape index (κ1) is 10.8. The molecule has 0 bridgehead atoms. The fourth-order valence-electron chi connectivity index (χ4n) is 2.47. The molecular formula is C12H16ClNO. The van der Waals surface area contributed by atoms with E-state index in [2.05, 4.69) is 6.92 Å². The van der Waals surface area contributed by atoms with Crippen LogP contribution in [0, 0.1) is 5.92 Å². The smallest absolute Gasteiger partial charge is 0.124 e. The fraction of sp³-hybridized carbons (Fsp3) is 0.500. The van der Waals surface area contributed by atoms with Crippen molar-refractivity contribution in [3.8, 4) is 5.75 Å². The first-order valence-electron chi connectivity index (χ1n) is 5.18. The molecule has 0 aromatic heterocycles. The Morgan fingerprint density at radius 1 is 1.47 bits per heavy atom. The van der Waals surface area contributed by atoms with Gasteiger partial charge in [0.05, 0.1) is 7.11 Å². The Morgan fingerprint density at radius 2 is 2.13 bits per heavy atom. The van der Waals surface area contributed by atoms with E-state index in [9.17, 15) is 0 Å². The molecular weight excluding hydrogens is 210 g/mol. The van der Waals surface area contributed by atoms with Crippen molar-refractivity contribution in [2.24, 2.45) is 11.7 Å². The minimum absolute atomic E-state index is 0.240. The van der Waals surface area contributed by atoms with Gasteiger partial charge in [-0.3, -0.25) is 0 Å². The molecule has 1 saturated carbocycles. The van der Waals surface area contributed by atoms with Crippen LogP contribution in [0.5, 0.6) is 5.75 Å². The molecule has 2 N–H and O–H groups in total. The van der Waals surface area contributed by atoms with E-state index in [0.29, 0.717) is 5.92 Å². The Balaban J connectivity index is 2.38. The molecule has 15 heavy (non-hydrogen) atoms. The predicted octanol–water partition coefficient (Wildman–Crippen LogP) is 2.93. The molecule has 2 rings (SSSR count). The third-order valence-electron chi connectivity index (χ3n) is 3.12. The predicted molar refractivity (Wildman–Crippen MR) is 62.3 cm³/mol. The second kappa shape index (κ2) is 3.69. The molecule has 1 aromatic carbocycles. The van der Waals surface area contributed by atoms with Gasteiger partial charge in [0.2, 0.25) is 0 Å². The molecule has 82 valence electrons. The molecule has 0 unspecified atom stereocenters. The van der Waals surface area contributed by atoms with Crippen LogP contribution in [0.1, 0.15) is 25.3 Å². The third-order valence-corrected chi connectivity index (χ3v) is 3.36. The molecule has 3 heteroatoms. The third kappa shape index (κ3) is 1.84. The van der Waals surface area contributed by atoms with Crippen LogP contribution in [0.3, 0.4) is 0 Å². The lowest BCUT2D eigenvalue weighted by molar-refractivity contribution is 0.159. The summed E-state index contributed by atoms with van der Waals surface area (Å²) in [5.41, 5.74) is 7.12. The van der Waals surface area contributed by atoms with Gasteiger partial charge in [0, 0.05) is 16.1 Å². The monoisotopic (exact) mass is 225 g/mol. The number of rotatable bonds is 2. The van der Waals surface area contributed by atoms with Crippen LogP contribution < -0.4 is 10.5 Å². The summed E-state index contributed by atoms with van der Waals surface area (Å²) >= 11 is 5.99. The van der Waals surface area contributed by atoms with Crippen LogP contribution in [-0.4, -0.2) is 7.11 Å². The van der Waals surface area contributed by atoms with Gasteiger partial charge in [-0.15, -0.1) is 0 Å². The van der Waals surface area contributed by atoms with Gasteiger partial charge in [-0.05, 0) is 37.0 Å². The quantitative estimate of drug-likeness (QED) is 0.840. The summed E-state index contributed by atoms with van der Waals surface area (Å²) in [4.78, 5) is 0. The number of halogens is 1. The lowest BCUT2D eigenvalue weighted by atomic mass is 9.66. The number of nitrogens with two attached hydrogens (primary N) is 1. The van der Waals surface area contributed by atoms with Crippen molar-refractivity contribution in [2.45, 2.75) is 25.3 Å². The van der Waals surface area contributed by atoms with Gasteiger partial charge in [-0.2, -0.15) is 0 Å². The van der Waals surface area contributed by atoms with Gasteiger partial charge in [0.1, 0.15) is 5.75 Å². The molecule has 0 spiro atoms. The zero-order valence-electron chi connectivity index (χ0n) is 9.09. The summed E-state index contributed by atoms with van der Waals surface area (Å²) in [6.07, 6.45) is 2.01. The standard InChI is InChI=1S/C12H16ClNO/c1-8-6-12(14,7-8)10-5-9(13)3-4-11(10)15-2/h3-5,8H,6-7,14H2,1-2H3. The van der Waals surface area contributed by atoms with E-state index in [0.717, 1.165) is 29.2 Å². The SMILES string of the molecule is COc1ccc(Cl)cc1C1(N)CC(C)C1. The average molecular weight is 226 g/mol. The number of hydrogen-bond donors (Lipinski definition) is 1. The Labute approximate surface area is 95.4 Å². The van der Waals surface area contributed by atoms with Crippen LogP contribution in [0.25, 0.3) is 0 Å². The Kier molecular flexibility index (Phi) is 2.65. The number of benzene rings is 1. The van der Waals surface area contributed by atoms with Crippen molar-refractivity contribution in [3.05, 3.63) is 28.8 Å². The van der Waals surface area contributed by atoms with Crippen molar-refractivity contribution in [3.63, 3.8) is 0 Å². The summed E-state index contributed by atoms with van der Waals surface area (Å²) in [5.74, 6) is 1.53. The molecule has 1 aliphatic carbocycles. The summed E-state index contributed by atoms with van der Waals surface area (Å²) in [7, 11) is 1.66. The van der Waals surface area contributed by atoms with Crippen molar-refractivity contribution in [2.75, 3.05) is 7.11 Å². The van der Waals surface area contributed by atoms with E-state index >= 15 is 0 Å². The van der Waals surface area contributed by atoms with Gasteiger partial charge >= 0.3 is 0 Å². The van der Waals surface area contributed by atoms with Gasteiger partial charge in [0.25, 0.3) is 0 Å². The second-order valence-electron chi connectivity index (χ2n) is 4.51. The van der Waals surface area contributed by atoms with Crippen molar-refractivity contribution < 1.29 is 4.74 Å². The van der Waals surface area contributed by atoms with Gasteiger partial charge in [0.15, 0.2) is 0 Å². The molecule has 0 aliphatic heterocycles. The van der Waals surface area contributed by atoms with Crippen molar-refractivity contribution in [1.29, 1.82) is 0 Å². The maximum atomic E-state index is 6.32. The largest absolute Gasteiger partial charge is 0.496 e. The summed E-state index contributed by atoms with van der Waals surface area (Å²) in [5, 5.41) is 0.718. The van der Waals surface area contributed by atoms with Crippen molar-refractivity contribution >= 4 is 11.6 Å². The summed E-state index contributed by atoms with van der Waals surface area (Å²) in [6, 6.07) is 5.64. The second-order valence-corrected chi connectivity index (χ2v) is 4.95. The first-order chi connectivity index (χ1) is 7.05. The highest BCUT2D eigenvalue weighted by Crippen LogP contribution is 2.46. The van der Waals surface area contributed by atoms with E-state index < -0.39 is 0 Å². The molecule has 1 aliphatic rings. The minimum atomic E-state index is -0.240. The fourth-order valence-corrected chi connectivity index (χ4v) is 2.65. The van der Waals surface area contributed by atoms with E-state index in [1.165, 1.54) is 0 Å². The van der Waals surface area contributed by atoms with Crippen molar-refractivity contribution in [1.82, 2.24) is 0 Å². The highest BCUT2D eigenvalue weighted by Gasteiger charge is 2.41. The molecule has 1 aromatic rings. The van der Waals surface area contributed by atoms with Crippen LogP contribution in [0.15, 0.2) is 18.2 Å². The summed E-state index contributed by atoms with van der Waals surface area (Å²) in [6.45, 7) is 2.21. The first-order valence-corrected chi connectivity index (χ1v) is 5.56. The van der Waals surface area contributed by atoms with E-state index in [1.807, 2.05) is 18.2 Å². The highest BCUT2D eigenvalue weighted by molar-refractivity contribution is 6.30. The summed E-state index contributed by atoms with van der Waals surface area (Å²) < 4.78 is 5.32. The lowest BCUT2D eigenvalue weighted by Crippen LogP contribution is -2.48. The zero-order valence-corrected chi connectivity index (χ0v) is 9.84. The van der Waals surface area contributed by atoms with Crippen LogP contribution in [-0.2, 0) is 5.54 Å². The van der Waals surface area contributed by atoms with Crippen LogP contribution in [0.2, 0.25) is 5.02 Å². The van der Waals surface area contributed by atoms with Crippen LogP contribution >= 0.6 is 11.6 Å². The molecule has 0 heterocycles. The maximum Gasteiger partial charge on any atom is 0.124 e. The minimum Gasteiger partial charge on any atom is -0.496 e. The molecule has 2 nitrogen and oxygen atoms in total. The molecule has 0 saturated heterocycles. The van der Waals surface area contributed by atoms with Gasteiger partial charge < -0.3 is 10.5 Å². The topological polar surface area (TPSA) is 35.2 Å². The normalized spacial score (nSPS) is 29.7. The van der Waals surface area contributed by atoms with E-state index in [-0.39, 0.29) is 5.54 Å².